The van der Waals surface area contributed by atoms with E-state index >= 15 is 0 Å². The smallest absolute Gasteiger partial charge is 0.280 e. The molecule has 0 N–H and O–H groups in total. The highest BCUT2D eigenvalue weighted by molar-refractivity contribution is 7.98. The second-order valence-corrected chi connectivity index (χ2v) is 7.93. The fourth-order valence-electron chi connectivity index (χ4n) is 2.70. The van der Waals surface area contributed by atoms with Gasteiger partial charge in [-0.1, -0.05) is 36.2 Å². The molecule has 6 nitrogen and oxygen atoms in total. The van der Waals surface area contributed by atoms with Crippen molar-refractivity contribution in [3.05, 3.63) is 60.5 Å². The molecule has 9 heteroatoms. The summed E-state index contributed by atoms with van der Waals surface area (Å²) in [4.78, 5) is 34.0. The molecule has 0 atom stereocenters. The van der Waals surface area contributed by atoms with Crippen LogP contribution < -0.4 is 11.2 Å². The van der Waals surface area contributed by atoms with Crippen molar-refractivity contribution in [1.29, 1.82) is 0 Å². The molecule has 0 amide bonds. The van der Waals surface area contributed by atoms with Crippen LogP contribution in [0.5, 0.6) is 0 Å². The molecule has 3 aromatic rings. The molecular weight excluding hydrogens is 407 g/mol. The third kappa shape index (κ3) is 3.90. The summed E-state index contributed by atoms with van der Waals surface area (Å²) in [6, 6.07) is 5.30. The summed E-state index contributed by atoms with van der Waals surface area (Å²) in [6.07, 6.45) is 1.52. The van der Waals surface area contributed by atoms with Gasteiger partial charge in [0.2, 0.25) is 0 Å². The first-order valence-electron chi connectivity index (χ1n) is 8.36. The third-order valence-electron chi connectivity index (χ3n) is 4.17. The van der Waals surface area contributed by atoms with Gasteiger partial charge >= 0.3 is 5.69 Å². The minimum Gasteiger partial charge on any atom is -0.280 e. The highest BCUT2D eigenvalue weighted by Gasteiger charge is 2.17. The number of hydrogen-bond donors (Lipinski definition) is 0. The summed E-state index contributed by atoms with van der Waals surface area (Å²) < 4.78 is 2.46. The zero-order chi connectivity index (χ0) is 19.7. The monoisotopic (exact) mass is 424 g/mol. The van der Waals surface area contributed by atoms with Gasteiger partial charge in [0.15, 0.2) is 5.65 Å². The largest absolute Gasteiger partial charge is 0.332 e. The highest BCUT2D eigenvalue weighted by Crippen LogP contribution is 2.30. The maximum atomic E-state index is 12.7. The van der Waals surface area contributed by atoms with Gasteiger partial charge in [0.05, 0.1) is 0 Å². The van der Waals surface area contributed by atoms with Gasteiger partial charge in [0.25, 0.3) is 5.56 Å². The van der Waals surface area contributed by atoms with E-state index in [9.17, 15) is 9.59 Å². The topological polar surface area (TPSA) is 69.8 Å². The number of halogens is 2. The molecule has 1 aromatic carbocycles. The van der Waals surface area contributed by atoms with Crippen molar-refractivity contribution < 1.29 is 0 Å². The second kappa shape index (κ2) is 8.04. The number of hydrogen-bond acceptors (Lipinski definition) is 5. The predicted molar refractivity (Wildman–Crippen MR) is 110 cm³/mol. The van der Waals surface area contributed by atoms with Gasteiger partial charge in [-0.2, -0.15) is 0 Å². The van der Waals surface area contributed by atoms with Gasteiger partial charge in [-0.05, 0) is 24.1 Å². The predicted octanol–water partition coefficient (Wildman–Crippen LogP) is 3.58. The molecule has 0 saturated carbocycles. The van der Waals surface area contributed by atoms with Crippen LogP contribution in [0.4, 0.5) is 0 Å². The van der Waals surface area contributed by atoms with Crippen LogP contribution in [0.15, 0.2) is 32.8 Å². The van der Waals surface area contributed by atoms with Crippen LogP contribution in [-0.4, -0.2) is 19.1 Å². The van der Waals surface area contributed by atoms with Gasteiger partial charge in [-0.3, -0.25) is 13.9 Å². The summed E-state index contributed by atoms with van der Waals surface area (Å²) in [7, 11) is 3.06. The average Bonchev–Trinajstić information content (AvgIpc) is 2.63. The van der Waals surface area contributed by atoms with E-state index in [-0.39, 0.29) is 0 Å². The van der Waals surface area contributed by atoms with E-state index in [1.54, 1.807) is 19.2 Å². The summed E-state index contributed by atoms with van der Waals surface area (Å²) in [5, 5.41) is 2.01. The third-order valence-corrected chi connectivity index (χ3v) is 5.78. The average molecular weight is 425 g/mol. The summed E-state index contributed by atoms with van der Waals surface area (Å²) in [5.41, 5.74) is 0.425. The Hall–Kier alpha value is -1.83. The van der Waals surface area contributed by atoms with Crippen LogP contribution in [0.25, 0.3) is 11.0 Å². The Balaban J connectivity index is 2.15. The Labute approximate surface area is 170 Å². The number of nitrogens with zero attached hydrogens (tertiary/aromatic N) is 4. The van der Waals surface area contributed by atoms with E-state index in [1.165, 1.54) is 23.4 Å². The van der Waals surface area contributed by atoms with Crippen LogP contribution in [-0.2, 0) is 26.3 Å². The van der Waals surface area contributed by atoms with Gasteiger partial charge in [0, 0.05) is 36.3 Å². The van der Waals surface area contributed by atoms with Crippen molar-refractivity contribution in [1.82, 2.24) is 19.1 Å². The van der Waals surface area contributed by atoms with Crippen molar-refractivity contribution in [2.45, 2.75) is 30.5 Å². The maximum absolute atomic E-state index is 12.7. The van der Waals surface area contributed by atoms with Crippen molar-refractivity contribution in [2.24, 2.45) is 14.1 Å². The van der Waals surface area contributed by atoms with Crippen molar-refractivity contribution in [2.75, 3.05) is 0 Å². The first kappa shape index (κ1) is 19.9. The van der Waals surface area contributed by atoms with E-state index in [0.29, 0.717) is 44.1 Å². The normalized spacial score (nSPS) is 11.3. The molecule has 3 rings (SSSR count). The fourth-order valence-corrected chi connectivity index (χ4v) is 4.29. The molecule has 0 aliphatic rings. The standard InChI is InChI=1S/C18H18Cl2N4O2S/c1-4-5-13-21-15-14(17(25)24(3)18(26)23(15)2)16(22-13)27-9-10-6-7-11(19)8-12(10)20/h6-8H,4-5,9H2,1-3H3. The Morgan fingerprint density at radius 2 is 1.85 bits per heavy atom. The summed E-state index contributed by atoms with van der Waals surface area (Å²) in [6.45, 7) is 2.02. The van der Waals surface area contributed by atoms with E-state index in [4.69, 9.17) is 23.2 Å². The Morgan fingerprint density at radius 3 is 2.52 bits per heavy atom. The number of aryl methyl sites for hydroxylation is 2. The first-order valence-corrected chi connectivity index (χ1v) is 10.1. The molecule has 0 saturated heterocycles. The lowest BCUT2D eigenvalue weighted by atomic mass is 10.2. The molecule has 0 unspecified atom stereocenters. The molecular formula is C18H18Cl2N4O2S. The van der Waals surface area contributed by atoms with Crippen LogP contribution in [0, 0.1) is 0 Å². The molecule has 0 aliphatic heterocycles. The Kier molecular flexibility index (Phi) is 5.93. The minimum absolute atomic E-state index is 0.342. The van der Waals surface area contributed by atoms with Crippen molar-refractivity contribution >= 4 is 46.0 Å². The quantitative estimate of drug-likeness (QED) is 0.462. The van der Waals surface area contributed by atoms with Gasteiger partial charge in [-0.25, -0.2) is 14.8 Å². The Bertz CT molecular complexity index is 1140. The lowest BCUT2D eigenvalue weighted by Crippen LogP contribution is -2.37. The minimum atomic E-state index is -0.412. The molecule has 2 heterocycles. The van der Waals surface area contributed by atoms with Crippen LogP contribution >= 0.6 is 35.0 Å². The number of benzene rings is 1. The summed E-state index contributed by atoms with van der Waals surface area (Å²) in [5.74, 6) is 1.12. The molecule has 27 heavy (non-hydrogen) atoms. The number of fused-ring (bicyclic) bond motifs is 1. The van der Waals surface area contributed by atoms with E-state index in [0.717, 1.165) is 16.6 Å². The van der Waals surface area contributed by atoms with Crippen LogP contribution in [0.2, 0.25) is 10.0 Å². The highest BCUT2D eigenvalue weighted by atomic mass is 35.5. The van der Waals surface area contributed by atoms with Gasteiger partial charge in [-0.15, -0.1) is 11.8 Å². The van der Waals surface area contributed by atoms with Gasteiger partial charge in [0.1, 0.15) is 16.2 Å². The number of rotatable bonds is 5. The van der Waals surface area contributed by atoms with E-state index in [2.05, 4.69) is 9.97 Å². The zero-order valence-corrected chi connectivity index (χ0v) is 17.5. The summed E-state index contributed by atoms with van der Waals surface area (Å²) >= 11 is 13.6. The lowest BCUT2D eigenvalue weighted by molar-refractivity contribution is 0.696. The molecule has 0 fully saturated rings. The van der Waals surface area contributed by atoms with Gasteiger partial charge < -0.3 is 0 Å². The molecule has 0 radical (unpaired) electrons. The second-order valence-electron chi connectivity index (χ2n) is 6.12. The molecule has 2 aromatic heterocycles. The van der Waals surface area contributed by atoms with E-state index < -0.39 is 11.2 Å². The van der Waals surface area contributed by atoms with Crippen molar-refractivity contribution in [3.63, 3.8) is 0 Å². The number of thioether (sulfide) groups is 1. The maximum Gasteiger partial charge on any atom is 0.332 e. The van der Waals surface area contributed by atoms with Crippen LogP contribution in [0.3, 0.4) is 0 Å². The Morgan fingerprint density at radius 1 is 1.11 bits per heavy atom. The molecule has 0 bridgehead atoms. The SMILES string of the molecule is CCCc1nc(SCc2ccc(Cl)cc2Cl)c2c(=O)n(C)c(=O)n(C)c2n1. The van der Waals surface area contributed by atoms with Crippen LogP contribution in [0.1, 0.15) is 24.7 Å². The lowest BCUT2D eigenvalue weighted by Gasteiger charge is -2.12. The molecule has 0 aliphatic carbocycles. The first-order chi connectivity index (χ1) is 12.8. The fraction of sp³-hybridized carbons (Fsp3) is 0.333. The van der Waals surface area contributed by atoms with E-state index in [1.807, 2.05) is 13.0 Å². The van der Waals surface area contributed by atoms with Crippen molar-refractivity contribution in [3.8, 4) is 0 Å². The molecule has 0 spiro atoms. The zero-order valence-electron chi connectivity index (χ0n) is 15.1. The molecule has 142 valence electrons. The number of aromatic nitrogens is 4.